The van der Waals surface area contributed by atoms with Crippen molar-refractivity contribution in [2.45, 2.75) is 25.4 Å². The summed E-state index contributed by atoms with van der Waals surface area (Å²) in [6, 6.07) is 14.9. The summed E-state index contributed by atoms with van der Waals surface area (Å²) in [5.74, 6) is -0.252. The Hall–Kier alpha value is -2.14. The quantitative estimate of drug-likeness (QED) is 0.869. The van der Waals surface area contributed by atoms with Crippen molar-refractivity contribution in [3.63, 3.8) is 0 Å². The normalized spacial score (nSPS) is 19.0. The van der Waals surface area contributed by atoms with Gasteiger partial charge >= 0.3 is 0 Å². The van der Waals surface area contributed by atoms with E-state index in [4.69, 9.17) is 0 Å². The van der Waals surface area contributed by atoms with Crippen LogP contribution in [-0.2, 0) is 11.2 Å². The summed E-state index contributed by atoms with van der Waals surface area (Å²) < 4.78 is 0.750. The first-order valence-corrected chi connectivity index (χ1v) is 8.26. The van der Waals surface area contributed by atoms with Gasteiger partial charge in [-0.1, -0.05) is 36.4 Å². The third-order valence-electron chi connectivity index (χ3n) is 4.03. The third-order valence-corrected chi connectivity index (χ3v) is 4.72. The predicted molar refractivity (Wildman–Crippen MR) is 92.1 cm³/mol. The molecule has 0 bridgehead atoms. The van der Waals surface area contributed by atoms with Crippen LogP contribution in [0, 0.1) is 0 Å². The minimum Gasteiger partial charge on any atom is -0.351 e. The zero-order chi connectivity index (χ0) is 16.4. The highest BCUT2D eigenvalue weighted by Crippen LogP contribution is 2.32. The van der Waals surface area contributed by atoms with Gasteiger partial charge in [-0.15, -0.1) is 0 Å². The molecule has 0 heterocycles. The summed E-state index contributed by atoms with van der Waals surface area (Å²) in [6.45, 7) is 1.50. The van der Waals surface area contributed by atoms with E-state index in [1.54, 1.807) is 6.07 Å². The molecular weight excluding hydrogens is 356 g/mol. The summed E-state index contributed by atoms with van der Waals surface area (Å²) in [5, 5.41) is 6.01. The average molecular weight is 373 g/mol. The molecule has 1 aliphatic carbocycles. The lowest BCUT2D eigenvalue weighted by molar-refractivity contribution is -0.119. The number of amides is 2. The summed E-state index contributed by atoms with van der Waals surface area (Å²) in [5.41, 5.74) is 2.80. The minimum atomic E-state index is -0.227. The van der Waals surface area contributed by atoms with E-state index in [0.717, 1.165) is 22.0 Å². The van der Waals surface area contributed by atoms with Gasteiger partial charge in [0.2, 0.25) is 5.91 Å². The van der Waals surface area contributed by atoms with Gasteiger partial charge in [0, 0.05) is 11.4 Å². The fourth-order valence-electron chi connectivity index (χ4n) is 3.03. The summed E-state index contributed by atoms with van der Waals surface area (Å²) in [6.07, 6.45) is 0.719. The molecule has 0 spiro atoms. The Bertz CT molecular complexity index is 760. The molecule has 2 atom stereocenters. The summed E-state index contributed by atoms with van der Waals surface area (Å²) in [7, 11) is 0. The van der Waals surface area contributed by atoms with Crippen LogP contribution in [-0.4, -0.2) is 17.9 Å². The lowest BCUT2D eigenvalue weighted by Crippen LogP contribution is -2.43. The van der Waals surface area contributed by atoms with E-state index in [1.165, 1.54) is 6.92 Å². The Kier molecular flexibility index (Phi) is 4.48. The van der Waals surface area contributed by atoms with Gasteiger partial charge in [0.15, 0.2) is 0 Å². The fraction of sp³-hybridized carbons (Fsp3) is 0.222. The number of fused-ring (bicyclic) bond motifs is 1. The van der Waals surface area contributed by atoms with Crippen LogP contribution in [0.4, 0.5) is 0 Å². The van der Waals surface area contributed by atoms with Crippen molar-refractivity contribution in [3.05, 3.63) is 69.7 Å². The molecular formula is C18H17BrN2O2. The number of rotatable bonds is 3. The van der Waals surface area contributed by atoms with Gasteiger partial charge in [0.05, 0.1) is 17.6 Å². The van der Waals surface area contributed by atoms with Crippen molar-refractivity contribution < 1.29 is 9.59 Å². The number of carbonyl (C=O) groups is 2. The lowest BCUT2D eigenvalue weighted by Gasteiger charge is -2.23. The zero-order valence-electron chi connectivity index (χ0n) is 12.7. The Morgan fingerprint density at radius 1 is 1.04 bits per heavy atom. The van der Waals surface area contributed by atoms with Crippen LogP contribution in [0.15, 0.2) is 53.0 Å². The van der Waals surface area contributed by atoms with Crippen molar-refractivity contribution in [3.8, 4) is 0 Å². The molecule has 0 fully saturated rings. The topological polar surface area (TPSA) is 58.2 Å². The number of nitrogens with one attached hydrogen (secondary N) is 2. The van der Waals surface area contributed by atoms with Gasteiger partial charge in [0.25, 0.3) is 5.91 Å². The van der Waals surface area contributed by atoms with Crippen molar-refractivity contribution in [2.75, 3.05) is 0 Å². The largest absolute Gasteiger partial charge is 0.351 e. The molecule has 2 N–H and O–H groups in total. The molecule has 3 rings (SSSR count). The van der Waals surface area contributed by atoms with Crippen LogP contribution >= 0.6 is 15.9 Å². The van der Waals surface area contributed by atoms with E-state index in [0.29, 0.717) is 5.56 Å². The van der Waals surface area contributed by atoms with Crippen molar-refractivity contribution in [2.24, 2.45) is 0 Å². The highest BCUT2D eigenvalue weighted by atomic mass is 79.9. The predicted octanol–water partition coefficient (Wildman–Crippen LogP) is 2.98. The lowest BCUT2D eigenvalue weighted by atomic mass is 10.1. The van der Waals surface area contributed by atoms with Crippen LogP contribution < -0.4 is 10.6 Å². The molecule has 2 aromatic carbocycles. The molecule has 0 radical (unpaired) electrons. The maximum Gasteiger partial charge on any atom is 0.252 e. The minimum absolute atomic E-state index is 0.0945. The van der Waals surface area contributed by atoms with Crippen molar-refractivity contribution in [1.82, 2.24) is 10.6 Å². The first-order chi connectivity index (χ1) is 11.1. The highest BCUT2D eigenvalue weighted by Gasteiger charge is 2.34. The third kappa shape index (κ3) is 3.29. The first-order valence-electron chi connectivity index (χ1n) is 7.46. The zero-order valence-corrected chi connectivity index (χ0v) is 14.3. The van der Waals surface area contributed by atoms with Crippen LogP contribution in [0.3, 0.4) is 0 Å². The molecule has 5 heteroatoms. The van der Waals surface area contributed by atoms with Gasteiger partial charge in [0.1, 0.15) is 0 Å². The highest BCUT2D eigenvalue weighted by molar-refractivity contribution is 9.10. The van der Waals surface area contributed by atoms with E-state index >= 15 is 0 Å². The Morgan fingerprint density at radius 3 is 2.48 bits per heavy atom. The first kappa shape index (κ1) is 15.7. The van der Waals surface area contributed by atoms with E-state index in [-0.39, 0.29) is 23.9 Å². The number of benzene rings is 2. The monoisotopic (exact) mass is 372 g/mol. The maximum absolute atomic E-state index is 12.6. The molecule has 0 aliphatic heterocycles. The number of hydrogen-bond acceptors (Lipinski definition) is 2. The van der Waals surface area contributed by atoms with Crippen LogP contribution in [0.1, 0.15) is 34.5 Å². The average Bonchev–Trinajstić information content (AvgIpc) is 2.84. The molecule has 4 nitrogen and oxygen atoms in total. The van der Waals surface area contributed by atoms with E-state index < -0.39 is 0 Å². The maximum atomic E-state index is 12.6. The van der Waals surface area contributed by atoms with Gasteiger partial charge in [-0.2, -0.15) is 0 Å². The molecule has 0 aromatic heterocycles. The van der Waals surface area contributed by atoms with Crippen molar-refractivity contribution in [1.29, 1.82) is 0 Å². The molecule has 118 valence electrons. The van der Waals surface area contributed by atoms with Gasteiger partial charge in [-0.05, 0) is 45.6 Å². The van der Waals surface area contributed by atoms with E-state index in [9.17, 15) is 9.59 Å². The second kappa shape index (κ2) is 6.54. The Balaban J connectivity index is 1.87. The van der Waals surface area contributed by atoms with Crippen LogP contribution in [0.25, 0.3) is 0 Å². The summed E-state index contributed by atoms with van der Waals surface area (Å²) >= 11 is 3.40. The SMILES string of the molecule is CC(=O)N[C@@H]1Cc2ccccc2[C@H]1NC(=O)c1ccccc1Br. The van der Waals surface area contributed by atoms with E-state index in [2.05, 4.69) is 26.6 Å². The second-order valence-electron chi connectivity index (χ2n) is 5.64. The molecule has 2 amide bonds. The van der Waals surface area contributed by atoms with Crippen molar-refractivity contribution >= 4 is 27.7 Å². The number of carbonyl (C=O) groups excluding carboxylic acids is 2. The molecule has 23 heavy (non-hydrogen) atoms. The molecule has 2 aromatic rings. The molecule has 0 saturated heterocycles. The number of halogens is 1. The smallest absolute Gasteiger partial charge is 0.252 e. The van der Waals surface area contributed by atoms with E-state index in [1.807, 2.05) is 42.5 Å². The van der Waals surface area contributed by atoms with Crippen LogP contribution in [0.5, 0.6) is 0 Å². The summed E-state index contributed by atoms with van der Waals surface area (Å²) in [4.78, 5) is 24.1. The van der Waals surface area contributed by atoms with Crippen LogP contribution in [0.2, 0.25) is 0 Å². The Morgan fingerprint density at radius 2 is 1.74 bits per heavy atom. The van der Waals surface area contributed by atoms with Gasteiger partial charge in [-0.25, -0.2) is 0 Å². The standard InChI is InChI=1S/C18H17BrN2O2/c1-11(22)20-16-10-12-6-2-3-7-13(12)17(16)21-18(23)14-8-4-5-9-15(14)19/h2-9,16-17H,10H2,1H3,(H,20,22)(H,21,23)/t16-,17-/m1/s1. The molecule has 0 unspecified atom stereocenters. The Labute approximate surface area is 143 Å². The van der Waals surface area contributed by atoms with Gasteiger partial charge in [-0.3, -0.25) is 9.59 Å². The van der Waals surface area contributed by atoms with Gasteiger partial charge < -0.3 is 10.6 Å². The number of hydrogen-bond donors (Lipinski definition) is 2. The molecule has 0 saturated carbocycles. The fourth-order valence-corrected chi connectivity index (χ4v) is 3.50. The molecule has 1 aliphatic rings. The second-order valence-corrected chi connectivity index (χ2v) is 6.50.